The number of ketones is 1. The maximum absolute atomic E-state index is 13.5. The van der Waals surface area contributed by atoms with Gasteiger partial charge < -0.3 is 20.7 Å². The molecule has 8 nitrogen and oxygen atoms in total. The van der Waals surface area contributed by atoms with Crippen LogP contribution in [0.25, 0.3) is 5.57 Å². The van der Waals surface area contributed by atoms with Gasteiger partial charge in [0.15, 0.2) is 12.4 Å². The normalized spacial score (nSPS) is 14.9. The number of nitriles is 2. The van der Waals surface area contributed by atoms with E-state index in [1.807, 2.05) is 37.2 Å². The Balaban J connectivity index is 1.55. The van der Waals surface area contributed by atoms with Gasteiger partial charge in [0.25, 0.3) is 5.91 Å². The molecule has 3 N–H and O–H groups in total. The number of ether oxygens (including phenoxy) is 1. The zero-order valence-electron chi connectivity index (χ0n) is 21.2. The molecule has 0 fully saturated rings. The summed E-state index contributed by atoms with van der Waals surface area (Å²) in [7, 11) is 3.80. The van der Waals surface area contributed by atoms with E-state index < -0.39 is 11.7 Å². The maximum atomic E-state index is 13.5. The van der Waals surface area contributed by atoms with Crippen LogP contribution in [0.3, 0.4) is 0 Å². The van der Waals surface area contributed by atoms with E-state index >= 15 is 0 Å². The summed E-state index contributed by atoms with van der Waals surface area (Å²) in [6.45, 7) is -0.239. The van der Waals surface area contributed by atoms with E-state index in [-0.39, 0.29) is 34.9 Å². The molecule has 9 heteroatoms. The van der Waals surface area contributed by atoms with Gasteiger partial charge in [0, 0.05) is 41.8 Å². The fourth-order valence-corrected chi connectivity index (χ4v) is 4.36. The Morgan fingerprint density at radius 3 is 2.15 bits per heavy atom. The van der Waals surface area contributed by atoms with Crippen molar-refractivity contribution in [2.24, 2.45) is 5.73 Å². The van der Waals surface area contributed by atoms with Gasteiger partial charge in [-0.3, -0.25) is 9.59 Å². The Morgan fingerprint density at radius 2 is 1.59 bits per heavy atom. The predicted octanol–water partition coefficient (Wildman–Crippen LogP) is 4.80. The summed E-state index contributed by atoms with van der Waals surface area (Å²) in [6.07, 6.45) is 0. The summed E-state index contributed by atoms with van der Waals surface area (Å²) in [6, 6.07) is 24.4. The van der Waals surface area contributed by atoms with Crippen molar-refractivity contribution in [3.63, 3.8) is 0 Å². The van der Waals surface area contributed by atoms with Crippen molar-refractivity contribution >= 4 is 40.2 Å². The van der Waals surface area contributed by atoms with Crippen LogP contribution in [-0.4, -0.2) is 32.4 Å². The first-order valence-electron chi connectivity index (χ1n) is 11.9. The zero-order valence-corrected chi connectivity index (χ0v) is 22.0. The monoisotopic (exact) mass is 537 g/mol. The summed E-state index contributed by atoms with van der Waals surface area (Å²) >= 11 is 5.85. The molecule has 0 saturated heterocycles. The second-order valence-corrected chi connectivity index (χ2v) is 9.39. The standard InChI is InChI=1S/C30H24ClN5O3/c1-36(2)22-11-3-19(4-12-22)28-29(34)24(15-32)27(25(16-33)30(28)38)18-5-13-23(14-6-18)39-17-26(37)35-21-9-7-20(31)8-10-21/h3-14,28H,17,34H2,1-2H3,(H,35,37). The van der Waals surface area contributed by atoms with Crippen LogP contribution in [0, 0.1) is 22.7 Å². The molecule has 0 saturated carbocycles. The molecule has 3 aromatic carbocycles. The number of rotatable bonds is 7. The molecule has 4 rings (SSSR count). The molecule has 39 heavy (non-hydrogen) atoms. The molecule has 0 spiro atoms. The highest BCUT2D eigenvalue weighted by atomic mass is 35.5. The summed E-state index contributed by atoms with van der Waals surface area (Å²) in [4.78, 5) is 27.6. The lowest BCUT2D eigenvalue weighted by atomic mass is 9.76. The van der Waals surface area contributed by atoms with E-state index in [2.05, 4.69) is 11.4 Å². The molecule has 194 valence electrons. The highest BCUT2D eigenvalue weighted by Crippen LogP contribution is 2.40. The fourth-order valence-electron chi connectivity index (χ4n) is 4.24. The van der Waals surface area contributed by atoms with Gasteiger partial charge >= 0.3 is 0 Å². The lowest BCUT2D eigenvalue weighted by molar-refractivity contribution is -0.118. The molecule has 1 amide bonds. The second-order valence-electron chi connectivity index (χ2n) is 8.96. The third kappa shape index (κ3) is 5.77. The molecule has 1 unspecified atom stereocenters. The molecule has 3 aromatic rings. The number of hydrogen-bond donors (Lipinski definition) is 2. The van der Waals surface area contributed by atoms with Crippen molar-refractivity contribution in [3.8, 4) is 17.9 Å². The van der Waals surface area contributed by atoms with Gasteiger partial charge in [-0.1, -0.05) is 35.9 Å². The molecular formula is C30H24ClN5O3. The summed E-state index contributed by atoms with van der Waals surface area (Å²) in [5.41, 5.74) is 9.17. The van der Waals surface area contributed by atoms with E-state index in [9.17, 15) is 20.1 Å². The average Bonchev–Trinajstić information content (AvgIpc) is 2.93. The number of nitrogens with two attached hydrogens (primary N) is 1. The smallest absolute Gasteiger partial charge is 0.262 e. The van der Waals surface area contributed by atoms with Crippen LogP contribution in [0.4, 0.5) is 11.4 Å². The minimum atomic E-state index is -0.934. The Hall–Kier alpha value is -5.05. The number of carbonyl (C=O) groups is 2. The first-order chi connectivity index (χ1) is 18.7. The van der Waals surface area contributed by atoms with Crippen molar-refractivity contribution in [2.45, 2.75) is 5.92 Å². The number of Topliss-reactive ketones (excluding diaryl/α,β-unsaturated/α-hetero) is 1. The molecular weight excluding hydrogens is 514 g/mol. The second kappa shape index (κ2) is 11.6. The first-order valence-corrected chi connectivity index (χ1v) is 12.3. The van der Waals surface area contributed by atoms with Gasteiger partial charge in [-0.2, -0.15) is 10.5 Å². The van der Waals surface area contributed by atoms with E-state index in [0.717, 1.165) is 5.69 Å². The quantitative estimate of drug-likeness (QED) is 0.442. The van der Waals surface area contributed by atoms with Crippen LogP contribution in [0.1, 0.15) is 17.0 Å². The number of amides is 1. The number of carbonyl (C=O) groups excluding carboxylic acids is 2. The SMILES string of the molecule is CN(C)c1ccc(C2C(=O)C(C#N)=C(c3ccc(OCC(=O)Nc4ccc(Cl)cc4)cc3)C(C#N)=C2N)cc1. The largest absolute Gasteiger partial charge is 0.484 e. The number of hydrogen-bond acceptors (Lipinski definition) is 7. The molecule has 1 aliphatic carbocycles. The third-order valence-corrected chi connectivity index (χ3v) is 6.47. The highest BCUT2D eigenvalue weighted by Gasteiger charge is 2.37. The maximum Gasteiger partial charge on any atom is 0.262 e. The van der Waals surface area contributed by atoms with E-state index in [1.165, 1.54) is 0 Å². The Labute approximate surface area is 231 Å². The predicted molar refractivity (Wildman–Crippen MR) is 150 cm³/mol. The van der Waals surface area contributed by atoms with E-state index in [4.69, 9.17) is 22.1 Å². The number of benzene rings is 3. The van der Waals surface area contributed by atoms with Gasteiger partial charge in [0.1, 0.15) is 23.5 Å². The van der Waals surface area contributed by atoms with Crippen LogP contribution >= 0.6 is 11.6 Å². The van der Waals surface area contributed by atoms with Crippen molar-refractivity contribution in [1.29, 1.82) is 10.5 Å². The Bertz CT molecular complexity index is 1560. The minimum absolute atomic E-state index is 0.0730. The molecule has 0 heterocycles. The fraction of sp³-hybridized carbons (Fsp3) is 0.133. The van der Waals surface area contributed by atoms with Gasteiger partial charge in [0.05, 0.1) is 11.5 Å². The number of nitrogens with one attached hydrogen (secondary N) is 1. The van der Waals surface area contributed by atoms with Gasteiger partial charge in [0.2, 0.25) is 0 Å². The van der Waals surface area contributed by atoms with E-state index in [0.29, 0.717) is 27.6 Å². The topological polar surface area (TPSA) is 132 Å². The van der Waals surface area contributed by atoms with Crippen molar-refractivity contribution in [1.82, 2.24) is 0 Å². The van der Waals surface area contributed by atoms with Crippen LogP contribution in [-0.2, 0) is 9.59 Å². The van der Waals surface area contributed by atoms with Gasteiger partial charge in [-0.15, -0.1) is 0 Å². The Morgan fingerprint density at radius 1 is 0.974 bits per heavy atom. The zero-order chi connectivity index (χ0) is 28.1. The molecule has 0 radical (unpaired) electrons. The van der Waals surface area contributed by atoms with Gasteiger partial charge in [-0.25, -0.2) is 0 Å². The number of nitrogens with zero attached hydrogens (tertiary/aromatic N) is 3. The van der Waals surface area contributed by atoms with Crippen LogP contribution in [0.15, 0.2) is 89.6 Å². The summed E-state index contributed by atoms with van der Waals surface area (Å²) in [5, 5.41) is 23.2. The van der Waals surface area contributed by atoms with Crippen LogP contribution in [0.2, 0.25) is 5.02 Å². The number of anilines is 2. The van der Waals surface area contributed by atoms with Crippen LogP contribution in [0.5, 0.6) is 5.75 Å². The minimum Gasteiger partial charge on any atom is -0.484 e. The lowest BCUT2D eigenvalue weighted by Gasteiger charge is -2.25. The van der Waals surface area contributed by atoms with E-state index in [1.54, 1.807) is 60.7 Å². The average molecular weight is 538 g/mol. The molecule has 1 atom stereocenters. The molecule has 0 bridgehead atoms. The lowest BCUT2D eigenvalue weighted by Crippen LogP contribution is -2.27. The summed E-state index contributed by atoms with van der Waals surface area (Å²) < 4.78 is 5.56. The third-order valence-electron chi connectivity index (χ3n) is 6.22. The Kier molecular flexibility index (Phi) is 8.00. The first kappa shape index (κ1) is 27.0. The van der Waals surface area contributed by atoms with Crippen LogP contribution < -0.4 is 20.7 Å². The van der Waals surface area contributed by atoms with Gasteiger partial charge in [-0.05, 0) is 59.7 Å². The molecule has 0 aliphatic heterocycles. The number of halogens is 1. The van der Waals surface area contributed by atoms with Crippen molar-refractivity contribution in [3.05, 3.63) is 106 Å². The van der Waals surface area contributed by atoms with Crippen molar-refractivity contribution in [2.75, 3.05) is 30.9 Å². The number of allylic oxidation sites excluding steroid dienone is 4. The summed E-state index contributed by atoms with van der Waals surface area (Å²) in [5.74, 6) is -1.38. The highest BCUT2D eigenvalue weighted by molar-refractivity contribution is 6.30. The van der Waals surface area contributed by atoms with Crippen molar-refractivity contribution < 1.29 is 14.3 Å². The molecule has 1 aliphatic rings. The molecule has 0 aromatic heterocycles.